The summed E-state index contributed by atoms with van der Waals surface area (Å²) in [7, 11) is 0. The number of halogens is 2. The zero-order valence-corrected chi connectivity index (χ0v) is 8.54. The topological polar surface area (TPSA) is 46.5 Å². The Balaban J connectivity index is 3.06. The van der Waals surface area contributed by atoms with Gasteiger partial charge < -0.3 is 9.84 Å². The fraction of sp³-hybridized carbons (Fsp3) is 0.182. The Bertz CT molecular complexity index is 427. The molecule has 0 aromatic heterocycles. The largest absolute Gasteiger partial charge is 0.508 e. The van der Waals surface area contributed by atoms with E-state index in [1.54, 1.807) is 0 Å². The molecule has 0 saturated carbocycles. The Morgan fingerprint density at radius 2 is 2.12 bits per heavy atom. The number of rotatable bonds is 4. The first-order chi connectivity index (χ1) is 7.41. The summed E-state index contributed by atoms with van der Waals surface area (Å²) in [6.07, 6.45) is -2.85. The molecule has 1 aromatic rings. The zero-order chi connectivity index (χ0) is 12.3. The van der Waals surface area contributed by atoms with Crippen molar-refractivity contribution in [1.82, 2.24) is 0 Å². The van der Waals surface area contributed by atoms with Crippen molar-refractivity contribution >= 4 is 5.78 Å². The van der Waals surface area contributed by atoms with E-state index in [2.05, 4.69) is 6.58 Å². The predicted octanol–water partition coefficient (Wildman–Crippen LogP) is 2.75. The number of benzene rings is 1. The van der Waals surface area contributed by atoms with Gasteiger partial charge in [-0.25, -0.2) is 8.78 Å². The van der Waals surface area contributed by atoms with E-state index < -0.39 is 12.2 Å². The highest BCUT2D eigenvalue weighted by atomic mass is 19.3. The minimum absolute atomic E-state index is 0.111. The molecule has 1 rings (SSSR count). The lowest BCUT2D eigenvalue weighted by Gasteiger charge is -2.11. The van der Waals surface area contributed by atoms with Crippen LogP contribution in [0.2, 0.25) is 0 Å². The first-order valence-corrected chi connectivity index (χ1v) is 4.40. The van der Waals surface area contributed by atoms with Crippen LogP contribution in [0.3, 0.4) is 0 Å². The Hall–Kier alpha value is -1.91. The number of aromatic hydroxyl groups is 1. The van der Waals surface area contributed by atoms with Crippen LogP contribution in [0.15, 0.2) is 30.5 Å². The highest BCUT2D eigenvalue weighted by Gasteiger charge is 2.15. The second kappa shape index (κ2) is 4.74. The van der Waals surface area contributed by atoms with Gasteiger partial charge in [-0.1, -0.05) is 6.58 Å². The highest BCUT2D eigenvalue weighted by molar-refractivity contribution is 5.97. The molecule has 0 spiro atoms. The number of Topliss-reactive ketones (excluding diaryl/α,β-unsaturated/α-hetero) is 1. The van der Waals surface area contributed by atoms with Crippen LogP contribution in [0.1, 0.15) is 17.3 Å². The summed E-state index contributed by atoms with van der Waals surface area (Å²) in [4.78, 5) is 11.2. The summed E-state index contributed by atoms with van der Waals surface area (Å²) in [6, 6.07) is 3.66. The van der Waals surface area contributed by atoms with Crippen molar-refractivity contribution in [3.05, 3.63) is 36.1 Å². The van der Waals surface area contributed by atoms with Crippen LogP contribution in [-0.4, -0.2) is 17.3 Å². The molecule has 0 amide bonds. The highest BCUT2D eigenvalue weighted by Crippen LogP contribution is 2.27. The molecule has 1 aromatic carbocycles. The SMILES string of the molecule is C=C(Oc1cc(O)ccc1C(C)=O)C(F)F. The van der Waals surface area contributed by atoms with E-state index in [9.17, 15) is 13.6 Å². The number of hydrogen-bond donors (Lipinski definition) is 1. The van der Waals surface area contributed by atoms with Crippen LogP contribution >= 0.6 is 0 Å². The minimum Gasteiger partial charge on any atom is -0.508 e. The van der Waals surface area contributed by atoms with Crippen LogP contribution < -0.4 is 4.74 Å². The summed E-state index contributed by atoms with van der Waals surface area (Å²) in [5.41, 5.74) is 0.111. The molecule has 86 valence electrons. The van der Waals surface area contributed by atoms with Crippen LogP contribution in [-0.2, 0) is 0 Å². The van der Waals surface area contributed by atoms with Crippen LogP contribution in [0.25, 0.3) is 0 Å². The van der Waals surface area contributed by atoms with Gasteiger partial charge in [0.25, 0.3) is 6.43 Å². The minimum atomic E-state index is -2.85. The van der Waals surface area contributed by atoms with E-state index in [1.807, 2.05) is 0 Å². The lowest BCUT2D eigenvalue weighted by molar-refractivity contribution is 0.100. The number of ketones is 1. The Morgan fingerprint density at radius 1 is 1.50 bits per heavy atom. The maximum atomic E-state index is 12.2. The molecule has 0 aliphatic carbocycles. The number of allylic oxidation sites excluding steroid dienone is 1. The van der Waals surface area contributed by atoms with Crippen LogP contribution in [0.5, 0.6) is 11.5 Å². The second-order valence-electron chi connectivity index (χ2n) is 3.11. The molecule has 1 N–H and O–H groups in total. The molecular weight excluding hydrogens is 218 g/mol. The van der Waals surface area contributed by atoms with E-state index >= 15 is 0 Å². The third kappa shape index (κ3) is 2.79. The smallest absolute Gasteiger partial charge is 0.294 e. The summed E-state index contributed by atoms with van der Waals surface area (Å²) in [5.74, 6) is -1.43. The molecule has 0 aliphatic rings. The fourth-order valence-corrected chi connectivity index (χ4v) is 1.07. The lowest BCUT2D eigenvalue weighted by atomic mass is 10.1. The van der Waals surface area contributed by atoms with Crippen LogP contribution in [0, 0.1) is 0 Å². The molecule has 5 heteroatoms. The molecule has 0 fully saturated rings. The quantitative estimate of drug-likeness (QED) is 0.636. The molecule has 16 heavy (non-hydrogen) atoms. The molecular formula is C11H10F2O3. The van der Waals surface area contributed by atoms with Gasteiger partial charge >= 0.3 is 0 Å². The summed E-state index contributed by atoms with van der Waals surface area (Å²) >= 11 is 0. The monoisotopic (exact) mass is 228 g/mol. The van der Waals surface area contributed by atoms with Gasteiger partial charge in [-0.05, 0) is 19.1 Å². The summed E-state index contributed by atoms with van der Waals surface area (Å²) in [6.45, 7) is 4.28. The zero-order valence-electron chi connectivity index (χ0n) is 8.54. The molecule has 0 radical (unpaired) electrons. The standard InChI is InChI=1S/C11H10F2O3/c1-6(14)9-4-3-8(15)5-10(9)16-7(2)11(12)13/h3-5,11,15H,2H2,1H3. The lowest BCUT2D eigenvalue weighted by Crippen LogP contribution is -2.06. The average molecular weight is 228 g/mol. The van der Waals surface area contributed by atoms with Crippen molar-refractivity contribution in [2.45, 2.75) is 13.3 Å². The van der Waals surface area contributed by atoms with E-state index in [0.717, 1.165) is 6.07 Å². The van der Waals surface area contributed by atoms with Crippen LogP contribution in [0.4, 0.5) is 8.78 Å². The predicted molar refractivity (Wildman–Crippen MR) is 53.9 cm³/mol. The summed E-state index contributed by atoms with van der Waals surface area (Å²) < 4.78 is 29.1. The van der Waals surface area contributed by atoms with Gasteiger partial charge in [-0.3, -0.25) is 4.79 Å². The fourth-order valence-electron chi connectivity index (χ4n) is 1.07. The third-order valence-electron chi connectivity index (χ3n) is 1.83. The van der Waals surface area contributed by atoms with Gasteiger partial charge in [-0.15, -0.1) is 0 Å². The first-order valence-electron chi connectivity index (χ1n) is 4.40. The Kier molecular flexibility index (Phi) is 3.60. The number of alkyl halides is 2. The van der Waals surface area contributed by atoms with Crippen molar-refractivity contribution in [3.8, 4) is 11.5 Å². The Morgan fingerprint density at radius 3 is 2.62 bits per heavy atom. The van der Waals surface area contributed by atoms with Gasteiger partial charge in [0.15, 0.2) is 11.5 Å². The average Bonchev–Trinajstić information content (AvgIpc) is 2.16. The third-order valence-corrected chi connectivity index (χ3v) is 1.83. The maximum Gasteiger partial charge on any atom is 0.294 e. The van der Waals surface area contributed by atoms with E-state index in [1.165, 1.54) is 19.1 Å². The number of phenolic OH excluding ortho intramolecular Hbond substituents is 1. The number of hydrogen-bond acceptors (Lipinski definition) is 3. The van der Waals surface area contributed by atoms with Crippen molar-refractivity contribution < 1.29 is 23.4 Å². The van der Waals surface area contributed by atoms with Crippen molar-refractivity contribution in [1.29, 1.82) is 0 Å². The van der Waals surface area contributed by atoms with E-state index in [0.29, 0.717) is 0 Å². The molecule has 0 aliphatic heterocycles. The van der Waals surface area contributed by atoms with Gasteiger partial charge in [-0.2, -0.15) is 0 Å². The number of carbonyl (C=O) groups excluding carboxylic acids is 1. The van der Waals surface area contributed by atoms with Gasteiger partial charge in [0.2, 0.25) is 0 Å². The van der Waals surface area contributed by atoms with E-state index in [4.69, 9.17) is 9.84 Å². The van der Waals surface area contributed by atoms with E-state index in [-0.39, 0.29) is 22.8 Å². The molecule has 3 nitrogen and oxygen atoms in total. The van der Waals surface area contributed by atoms with Gasteiger partial charge in [0.1, 0.15) is 11.5 Å². The van der Waals surface area contributed by atoms with Crippen molar-refractivity contribution in [2.75, 3.05) is 0 Å². The maximum absolute atomic E-state index is 12.2. The van der Waals surface area contributed by atoms with Crippen molar-refractivity contribution in [3.63, 3.8) is 0 Å². The normalized spacial score (nSPS) is 10.2. The molecule has 0 unspecified atom stereocenters. The molecule has 0 saturated heterocycles. The second-order valence-corrected chi connectivity index (χ2v) is 3.11. The summed E-state index contributed by atoms with van der Waals surface area (Å²) in [5, 5.41) is 9.16. The number of phenols is 1. The number of ether oxygens (including phenoxy) is 1. The number of carbonyl (C=O) groups is 1. The molecule has 0 bridgehead atoms. The van der Waals surface area contributed by atoms with Gasteiger partial charge in [0, 0.05) is 6.07 Å². The molecule has 0 atom stereocenters. The molecule has 0 heterocycles. The van der Waals surface area contributed by atoms with Gasteiger partial charge in [0.05, 0.1) is 5.56 Å². The van der Waals surface area contributed by atoms with Crippen molar-refractivity contribution in [2.24, 2.45) is 0 Å². The Labute approximate surface area is 91.0 Å². The first kappa shape index (κ1) is 12.2.